The highest BCUT2D eigenvalue weighted by Crippen LogP contribution is 2.48. The summed E-state index contributed by atoms with van der Waals surface area (Å²) < 4.78 is 6.05. The minimum atomic E-state index is -0.0532. The Labute approximate surface area is 89.0 Å². The number of piperidine rings is 3. The molecule has 1 spiro atoms. The van der Waals surface area contributed by atoms with E-state index in [1.165, 1.54) is 0 Å². The van der Waals surface area contributed by atoms with Gasteiger partial charge >= 0.3 is 0 Å². The van der Waals surface area contributed by atoms with Gasteiger partial charge in [-0.05, 0) is 6.92 Å². The molecule has 4 heterocycles. The minimum Gasteiger partial charge on any atom is -0.633 e. The number of rotatable bonds is 0. The van der Waals surface area contributed by atoms with Crippen LogP contribution in [0.4, 0.5) is 0 Å². The second-order valence-corrected chi connectivity index (χ2v) is 6.28. The molecule has 0 N–H and O–H groups in total. The van der Waals surface area contributed by atoms with Gasteiger partial charge in [0.2, 0.25) is 0 Å². The number of ether oxygens (including phenoxy) is 1. The Morgan fingerprint density at radius 1 is 1.43 bits per heavy atom. The zero-order chi connectivity index (χ0) is 9.81. The second-order valence-electron chi connectivity index (χ2n) is 5.00. The first-order valence-corrected chi connectivity index (χ1v) is 6.53. The Hall–Kier alpha value is 0.230. The normalized spacial score (nSPS) is 57.0. The number of fused-ring (bicyclic) bond motifs is 2. The summed E-state index contributed by atoms with van der Waals surface area (Å²) in [4.78, 5) is 0. The van der Waals surface area contributed by atoms with E-state index >= 15 is 0 Å². The molecular weight excluding hydrogens is 198 g/mol. The van der Waals surface area contributed by atoms with Crippen molar-refractivity contribution < 1.29 is 9.38 Å². The van der Waals surface area contributed by atoms with Crippen LogP contribution in [0.15, 0.2) is 0 Å². The SMILES string of the molecule is C[C@@H]1O[C@]2(CS1)C[N+]1([O-])CCC2CC1. The Balaban J connectivity index is 1.87. The lowest BCUT2D eigenvalue weighted by molar-refractivity contribution is -0.905. The van der Waals surface area contributed by atoms with Crippen molar-refractivity contribution in [2.75, 3.05) is 25.4 Å². The molecule has 4 fully saturated rings. The fourth-order valence-corrected chi connectivity index (χ4v) is 4.46. The molecule has 4 aliphatic rings. The zero-order valence-electron chi connectivity index (χ0n) is 8.57. The van der Waals surface area contributed by atoms with Crippen molar-refractivity contribution >= 4 is 11.8 Å². The van der Waals surface area contributed by atoms with Crippen molar-refractivity contribution in [2.24, 2.45) is 5.92 Å². The van der Waals surface area contributed by atoms with Crippen molar-refractivity contribution in [3.63, 3.8) is 0 Å². The van der Waals surface area contributed by atoms with E-state index < -0.39 is 0 Å². The minimum absolute atomic E-state index is 0.0176. The van der Waals surface area contributed by atoms with E-state index in [0.29, 0.717) is 11.4 Å². The maximum atomic E-state index is 12.2. The van der Waals surface area contributed by atoms with Crippen LogP contribution in [0, 0.1) is 11.1 Å². The molecule has 2 atom stereocenters. The van der Waals surface area contributed by atoms with Gasteiger partial charge in [0.05, 0.1) is 13.1 Å². The molecule has 80 valence electrons. The molecule has 0 aromatic carbocycles. The van der Waals surface area contributed by atoms with Crippen molar-refractivity contribution in [3.05, 3.63) is 5.21 Å². The summed E-state index contributed by atoms with van der Waals surface area (Å²) in [6.45, 7) is 4.48. The lowest BCUT2D eigenvalue weighted by atomic mass is 9.76. The molecule has 0 unspecified atom stereocenters. The van der Waals surface area contributed by atoms with E-state index in [4.69, 9.17) is 4.74 Å². The van der Waals surface area contributed by atoms with Crippen LogP contribution in [0.5, 0.6) is 0 Å². The highest BCUT2D eigenvalue weighted by molar-refractivity contribution is 8.00. The van der Waals surface area contributed by atoms with Crippen molar-refractivity contribution in [1.82, 2.24) is 0 Å². The summed E-state index contributed by atoms with van der Waals surface area (Å²) in [6, 6.07) is 0. The molecule has 4 rings (SSSR count). The molecule has 0 saturated carbocycles. The maximum absolute atomic E-state index is 12.2. The number of hydroxylamine groups is 3. The predicted octanol–water partition coefficient (Wildman–Crippen LogP) is 1.57. The van der Waals surface area contributed by atoms with E-state index in [1.807, 2.05) is 11.8 Å². The number of thioether (sulfide) groups is 1. The second kappa shape index (κ2) is 2.88. The van der Waals surface area contributed by atoms with Crippen LogP contribution in [0.1, 0.15) is 19.8 Å². The molecule has 14 heavy (non-hydrogen) atoms. The van der Waals surface area contributed by atoms with Gasteiger partial charge in [0.25, 0.3) is 0 Å². The zero-order valence-corrected chi connectivity index (χ0v) is 9.39. The van der Waals surface area contributed by atoms with Gasteiger partial charge in [-0.25, -0.2) is 0 Å². The summed E-state index contributed by atoms with van der Waals surface area (Å²) >= 11 is 1.87. The van der Waals surface area contributed by atoms with Gasteiger partial charge in [-0.2, -0.15) is 0 Å². The molecule has 3 nitrogen and oxygen atoms in total. The fourth-order valence-electron chi connectivity index (χ4n) is 3.29. The van der Waals surface area contributed by atoms with Crippen LogP contribution in [0.2, 0.25) is 0 Å². The number of hydrogen-bond acceptors (Lipinski definition) is 3. The van der Waals surface area contributed by atoms with Crippen molar-refractivity contribution in [2.45, 2.75) is 30.8 Å². The van der Waals surface area contributed by atoms with Crippen LogP contribution in [0.25, 0.3) is 0 Å². The lowest BCUT2D eigenvalue weighted by Gasteiger charge is -2.59. The molecule has 4 aliphatic heterocycles. The van der Waals surface area contributed by atoms with E-state index in [1.54, 1.807) is 0 Å². The summed E-state index contributed by atoms with van der Waals surface area (Å²) in [5.41, 5.74) is 0.240. The van der Waals surface area contributed by atoms with Gasteiger partial charge in [0.1, 0.15) is 17.6 Å². The topological polar surface area (TPSA) is 32.3 Å². The summed E-state index contributed by atoms with van der Waals surface area (Å²) in [6.07, 6.45) is 2.16. The average Bonchev–Trinajstić information content (AvgIpc) is 2.47. The first kappa shape index (κ1) is 9.46. The summed E-state index contributed by atoms with van der Waals surface area (Å²) in [7, 11) is 0. The van der Waals surface area contributed by atoms with E-state index in [2.05, 4.69) is 6.92 Å². The van der Waals surface area contributed by atoms with Crippen LogP contribution in [0.3, 0.4) is 0 Å². The van der Waals surface area contributed by atoms with E-state index in [0.717, 1.165) is 38.2 Å². The number of quaternary nitrogens is 1. The Bertz CT molecular complexity index is 253. The van der Waals surface area contributed by atoms with Gasteiger partial charge in [-0.3, -0.25) is 0 Å². The van der Waals surface area contributed by atoms with Crippen molar-refractivity contribution in [3.8, 4) is 0 Å². The van der Waals surface area contributed by atoms with Crippen LogP contribution in [-0.2, 0) is 4.74 Å². The fraction of sp³-hybridized carbons (Fsp3) is 1.00. The molecule has 4 heteroatoms. The third-order valence-electron chi connectivity index (χ3n) is 4.03. The largest absolute Gasteiger partial charge is 0.633 e. The molecule has 0 aromatic heterocycles. The lowest BCUT2D eigenvalue weighted by Crippen LogP contribution is -2.67. The maximum Gasteiger partial charge on any atom is 0.131 e. The van der Waals surface area contributed by atoms with Gasteiger partial charge < -0.3 is 14.6 Å². The molecule has 0 aromatic rings. The Kier molecular flexibility index (Phi) is 1.94. The molecule has 4 saturated heterocycles. The third-order valence-corrected chi connectivity index (χ3v) is 5.25. The first-order valence-electron chi connectivity index (χ1n) is 5.49. The Morgan fingerprint density at radius 2 is 2.14 bits per heavy atom. The molecular formula is C10H17NO2S. The molecule has 0 amide bonds. The number of nitrogens with zero attached hydrogens (tertiary/aromatic N) is 1. The monoisotopic (exact) mass is 215 g/mol. The standard InChI is InChI=1S/C10H17NO2S/c1-8-13-10(7-14-8)6-11(12)4-2-9(10)3-5-11/h8-9H,2-7H2,1H3/t8-,9?,10+,11?/m1/s1. The molecule has 0 aliphatic carbocycles. The molecule has 2 bridgehead atoms. The van der Waals surface area contributed by atoms with Gasteiger partial charge in [0, 0.05) is 24.5 Å². The third kappa shape index (κ3) is 1.24. The van der Waals surface area contributed by atoms with Gasteiger partial charge in [-0.1, -0.05) is 0 Å². The van der Waals surface area contributed by atoms with Crippen LogP contribution >= 0.6 is 11.8 Å². The van der Waals surface area contributed by atoms with Crippen molar-refractivity contribution in [1.29, 1.82) is 0 Å². The highest BCUT2D eigenvalue weighted by Gasteiger charge is 2.56. The van der Waals surface area contributed by atoms with Crippen LogP contribution in [-0.4, -0.2) is 41.1 Å². The summed E-state index contributed by atoms with van der Waals surface area (Å²) in [5.74, 6) is 1.70. The Morgan fingerprint density at radius 3 is 2.64 bits per heavy atom. The highest BCUT2D eigenvalue weighted by atomic mass is 32.2. The molecule has 0 radical (unpaired) electrons. The van der Waals surface area contributed by atoms with Gasteiger partial charge in [-0.15, -0.1) is 11.8 Å². The summed E-state index contributed by atoms with van der Waals surface area (Å²) in [5, 5.41) is 12.2. The van der Waals surface area contributed by atoms with E-state index in [-0.39, 0.29) is 10.2 Å². The average molecular weight is 215 g/mol. The van der Waals surface area contributed by atoms with Crippen LogP contribution < -0.4 is 0 Å². The first-order chi connectivity index (χ1) is 6.62. The van der Waals surface area contributed by atoms with Gasteiger partial charge in [0.15, 0.2) is 0 Å². The predicted molar refractivity (Wildman–Crippen MR) is 56.7 cm³/mol. The smallest absolute Gasteiger partial charge is 0.131 e. The quantitative estimate of drug-likeness (QED) is 0.454. The van der Waals surface area contributed by atoms with E-state index in [9.17, 15) is 5.21 Å². The number of hydrogen-bond donors (Lipinski definition) is 0.